The minimum atomic E-state index is -4.37. The second-order valence-electron chi connectivity index (χ2n) is 7.88. The predicted molar refractivity (Wildman–Crippen MR) is 106 cm³/mol. The molecule has 1 saturated heterocycles. The zero-order valence-corrected chi connectivity index (χ0v) is 16.4. The zero-order chi connectivity index (χ0) is 20.7. The molecule has 1 saturated carbocycles. The summed E-state index contributed by atoms with van der Waals surface area (Å²) < 4.78 is 40.2. The molecular formula is C20H22F3N7. The van der Waals surface area contributed by atoms with Crippen molar-refractivity contribution in [1.29, 1.82) is 0 Å². The summed E-state index contributed by atoms with van der Waals surface area (Å²) in [5.74, 6) is 2.81. The first-order chi connectivity index (χ1) is 14.5. The molecule has 1 aliphatic carbocycles. The summed E-state index contributed by atoms with van der Waals surface area (Å²) in [4.78, 5) is 8.27. The van der Waals surface area contributed by atoms with Crippen molar-refractivity contribution >= 4 is 17.3 Å². The molecule has 5 rings (SSSR count). The van der Waals surface area contributed by atoms with Crippen LogP contribution in [-0.4, -0.2) is 51.0 Å². The average molecular weight is 417 g/mol. The molecule has 158 valence electrons. The van der Waals surface area contributed by atoms with Gasteiger partial charge in [0.2, 0.25) is 0 Å². The fourth-order valence-corrected chi connectivity index (χ4v) is 4.00. The Bertz CT molecular complexity index is 1030. The smallest absolute Gasteiger partial charge is 0.355 e. The minimum absolute atomic E-state index is 0.438. The quantitative estimate of drug-likeness (QED) is 0.650. The lowest BCUT2D eigenvalue weighted by atomic mass is 9.85. The number of rotatable bonds is 3. The molecule has 0 N–H and O–H groups in total. The first-order valence-corrected chi connectivity index (χ1v) is 10.2. The molecule has 4 heterocycles. The van der Waals surface area contributed by atoms with Gasteiger partial charge in [-0.2, -0.15) is 17.7 Å². The van der Waals surface area contributed by atoms with Gasteiger partial charge < -0.3 is 9.80 Å². The van der Waals surface area contributed by atoms with E-state index < -0.39 is 11.7 Å². The van der Waals surface area contributed by atoms with Crippen LogP contribution in [-0.2, 0) is 6.18 Å². The van der Waals surface area contributed by atoms with Gasteiger partial charge in [0.15, 0.2) is 11.5 Å². The minimum Gasteiger partial charge on any atom is -0.355 e. The number of fused-ring (bicyclic) bond motifs is 1. The molecule has 1 aliphatic heterocycles. The summed E-state index contributed by atoms with van der Waals surface area (Å²) in [6.07, 6.45) is 0.879. The van der Waals surface area contributed by atoms with Crippen molar-refractivity contribution in [1.82, 2.24) is 24.8 Å². The molecule has 0 atom stereocenters. The molecule has 10 heteroatoms. The van der Waals surface area contributed by atoms with Gasteiger partial charge in [0.1, 0.15) is 11.6 Å². The van der Waals surface area contributed by atoms with E-state index in [2.05, 4.69) is 20.1 Å². The van der Waals surface area contributed by atoms with Crippen LogP contribution < -0.4 is 9.80 Å². The number of alkyl halides is 3. The van der Waals surface area contributed by atoms with Gasteiger partial charge in [-0.3, -0.25) is 0 Å². The van der Waals surface area contributed by atoms with Crippen molar-refractivity contribution in [2.24, 2.45) is 0 Å². The number of anilines is 2. The highest BCUT2D eigenvalue weighted by molar-refractivity contribution is 5.47. The van der Waals surface area contributed by atoms with Crippen molar-refractivity contribution < 1.29 is 13.2 Å². The predicted octanol–water partition coefficient (Wildman–Crippen LogP) is 3.52. The van der Waals surface area contributed by atoms with Gasteiger partial charge in [-0.15, -0.1) is 15.3 Å². The number of aromatic nitrogens is 5. The maximum Gasteiger partial charge on any atom is 0.417 e. The van der Waals surface area contributed by atoms with E-state index in [1.165, 1.54) is 12.5 Å². The maximum atomic E-state index is 12.8. The number of nitrogens with zero attached hydrogens (tertiary/aromatic N) is 7. The Kier molecular flexibility index (Phi) is 4.71. The number of hydrogen-bond acceptors (Lipinski definition) is 6. The van der Waals surface area contributed by atoms with Crippen molar-refractivity contribution in [3.8, 4) is 0 Å². The van der Waals surface area contributed by atoms with Crippen LogP contribution in [0.15, 0.2) is 30.5 Å². The lowest BCUT2D eigenvalue weighted by Crippen LogP contribution is -2.32. The highest BCUT2D eigenvalue weighted by Gasteiger charge is 2.31. The molecule has 0 radical (unpaired) electrons. The second kappa shape index (κ2) is 7.41. The Hall–Kier alpha value is -2.91. The molecule has 0 spiro atoms. The Morgan fingerprint density at radius 3 is 2.20 bits per heavy atom. The third-order valence-corrected chi connectivity index (χ3v) is 5.96. The Morgan fingerprint density at radius 2 is 1.57 bits per heavy atom. The van der Waals surface area contributed by atoms with E-state index in [-0.39, 0.29) is 0 Å². The van der Waals surface area contributed by atoms with Gasteiger partial charge in [0.25, 0.3) is 0 Å². The molecular weight excluding hydrogens is 395 g/mol. The van der Waals surface area contributed by atoms with Gasteiger partial charge in [0, 0.05) is 38.3 Å². The van der Waals surface area contributed by atoms with Gasteiger partial charge in [-0.25, -0.2) is 4.98 Å². The van der Waals surface area contributed by atoms with Crippen molar-refractivity contribution in [3.63, 3.8) is 0 Å². The first-order valence-electron chi connectivity index (χ1n) is 10.2. The standard InChI is InChI=1S/C20H22F3N7/c21-20(22,23)15-5-6-16(24-13-15)28-9-2-10-29(12-11-28)18-8-7-17-25-26-19(30(17)27-18)14-3-1-4-14/h5-8,13-14H,1-4,9-12H2. The van der Waals surface area contributed by atoms with Crippen molar-refractivity contribution in [2.45, 2.75) is 37.8 Å². The highest BCUT2D eigenvalue weighted by Crippen LogP contribution is 2.35. The molecule has 3 aromatic heterocycles. The Morgan fingerprint density at radius 1 is 0.833 bits per heavy atom. The summed E-state index contributed by atoms with van der Waals surface area (Å²) in [5.41, 5.74) is 0.0301. The second-order valence-corrected chi connectivity index (χ2v) is 7.88. The number of hydrogen-bond donors (Lipinski definition) is 0. The molecule has 0 aromatic carbocycles. The largest absolute Gasteiger partial charge is 0.417 e. The molecule has 2 aliphatic rings. The van der Waals surface area contributed by atoms with Crippen LogP contribution in [0.4, 0.5) is 24.8 Å². The van der Waals surface area contributed by atoms with E-state index in [1.54, 1.807) is 0 Å². The van der Waals surface area contributed by atoms with Crippen LogP contribution in [0, 0.1) is 0 Å². The first kappa shape index (κ1) is 19.1. The fourth-order valence-electron chi connectivity index (χ4n) is 4.00. The van der Waals surface area contributed by atoms with Gasteiger partial charge in [0.05, 0.1) is 5.56 Å². The van der Waals surface area contributed by atoms with Crippen LogP contribution >= 0.6 is 0 Å². The summed E-state index contributed by atoms with van der Waals surface area (Å²) in [7, 11) is 0. The van der Waals surface area contributed by atoms with E-state index in [0.29, 0.717) is 24.8 Å². The topological polar surface area (TPSA) is 62.5 Å². The highest BCUT2D eigenvalue weighted by atomic mass is 19.4. The SMILES string of the molecule is FC(F)(F)c1ccc(N2CCCN(c3ccc4nnc(C5CCC5)n4n3)CC2)nc1. The number of pyridine rings is 1. The molecule has 30 heavy (non-hydrogen) atoms. The molecule has 2 fully saturated rings. The average Bonchev–Trinajstić information content (AvgIpc) is 2.94. The van der Waals surface area contributed by atoms with Crippen molar-refractivity contribution in [3.05, 3.63) is 41.9 Å². The monoisotopic (exact) mass is 417 g/mol. The Labute approximate surface area is 171 Å². The van der Waals surface area contributed by atoms with E-state index >= 15 is 0 Å². The summed E-state index contributed by atoms with van der Waals surface area (Å²) in [6, 6.07) is 6.44. The van der Waals surface area contributed by atoms with Gasteiger partial charge in [-0.1, -0.05) is 6.42 Å². The fraction of sp³-hybridized carbons (Fsp3) is 0.500. The summed E-state index contributed by atoms with van der Waals surface area (Å²) in [6.45, 7) is 2.92. The summed E-state index contributed by atoms with van der Waals surface area (Å²) in [5, 5.41) is 13.4. The van der Waals surface area contributed by atoms with E-state index in [9.17, 15) is 13.2 Å². The maximum absolute atomic E-state index is 12.8. The number of halogens is 3. The van der Waals surface area contributed by atoms with Crippen LogP contribution in [0.1, 0.15) is 43.0 Å². The molecule has 0 bridgehead atoms. The summed E-state index contributed by atoms with van der Waals surface area (Å²) >= 11 is 0. The van der Waals surface area contributed by atoms with E-state index in [0.717, 1.165) is 61.9 Å². The van der Waals surface area contributed by atoms with Crippen molar-refractivity contribution in [2.75, 3.05) is 36.0 Å². The van der Waals surface area contributed by atoms with Crippen LogP contribution in [0.2, 0.25) is 0 Å². The molecule has 0 amide bonds. The van der Waals surface area contributed by atoms with E-state index in [1.807, 2.05) is 21.5 Å². The normalized spacial score (nSPS) is 18.5. The Balaban J connectivity index is 1.32. The lowest BCUT2D eigenvalue weighted by Gasteiger charge is -2.25. The van der Waals surface area contributed by atoms with Crippen LogP contribution in [0.5, 0.6) is 0 Å². The third-order valence-electron chi connectivity index (χ3n) is 5.96. The molecule has 3 aromatic rings. The van der Waals surface area contributed by atoms with E-state index in [4.69, 9.17) is 5.10 Å². The lowest BCUT2D eigenvalue weighted by molar-refractivity contribution is -0.137. The van der Waals surface area contributed by atoms with Crippen LogP contribution in [0.3, 0.4) is 0 Å². The van der Waals surface area contributed by atoms with Crippen LogP contribution in [0.25, 0.3) is 5.65 Å². The molecule has 7 nitrogen and oxygen atoms in total. The molecule has 0 unspecified atom stereocenters. The zero-order valence-electron chi connectivity index (χ0n) is 16.4. The van der Waals surface area contributed by atoms with Gasteiger partial charge >= 0.3 is 6.18 Å². The van der Waals surface area contributed by atoms with Gasteiger partial charge in [-0.05, 0) is 43.5 Å². The third kappa shape index (κ3) is 3.54.